The summed E-state index contributed by atoms with van der Waals surface area (Å²) in [5, 5.41) is 7.56. The normalized spacial score (nSPS) is 14.6. The highest BCUT2D eigenvalue weighted by atomic mass is 19.4. The Hall–Kier alpha value is -3.27. The van der Waals surface area contributed by atoms with Crippen LogP contribution in [0.5, 0.6) is 0 Å². The molecule has 1 aliphatic rings. The Morgan fingerprint density at radius 1 is 1.09 bits per heavy atom. The number of urea groups is 1. The van der Waals surface area contributed by atoms with Gasteiger partial charge in [-0.05, 0) is 49.1 Å². The molecule has 0 atom stereocenters. The zero-order chi connectivity index (χ0) is 24.7. The molecular formula is C24H29F3N4O3. The molecule has 7 nitrogen and oxygen atoms in total. The number of piperidine rings is 1. The number of carbonyl (C=O) groups is 2. The van der Waals surface area contributed by atoms with Gasteiger partial charge in [-0.1, -0.05) is 19.1 Å². The fraction of sp³-hybridized carbons (Fsp3) is 0.417. The summed E-state index contributed by atoms with van der Waals surface area (Å²) in [6.07, 6.45) is -2.59. The fourth-order valence-corrected chi connectivity index (χ4v) is 3.81. The van der Waals surface area contributed by atoms with E-state index in [0.717, 1.165) is 37.7 Å². The molecule has 184 valence electrons. The number of amides is 3. The SMILES string of the molecule is COCCNC(=O)c1cc(NC(=O)Nc2ccccc2C(F)(F)F)ccc1N1CCC(C)CC1. The molecule has 34 heavy (non-hydrogen) atoms. The first kappa shape index (κ1) is 25.4. The summed E-state index contributed by atoms with van der Waals surface area (Å²) in [7, 11) is 1.53. The fourth-order valence-electron chi connectivity index (χ4n) is 3.81. The molecule has 2 aromatic carbocycles. The number of methoxy groups -OCH3 is 1. The average molecular weight is 479 g/mol. The molecule has 1 aliphatic heterocycles. The Bertz CT molecular complexity index is 1010. The van der Waals surface area contributed by atoms with E-state index in [1.165, 1.54) is 31.4 Å². The van der Waals surface area contributed by atoms with Gasteiger partial charge in [0.05, 0.1) is 23.4 Å². The van der Waals surface area contributed by atoms with Crippen LogP contribution in [0.2, 0.25) is 0 Å². The van der Waals surface area contributed by atoms with E-state index < -0.39 is 17.8 Å². The molecule has 3 amide bonds. The van der Waals surface area contributed by atoms with E-state index in [9.17, 15) is 22.8 Å². The molecule has 0 aromatic heterocycles. The molecule has 1 heterocycles. The van der Waals surface area contributed by atoms with E-state index in [0.29, 0.717) is 24.6 Å². The maximum absolute atomic E-state index is 13.2. The van der Waals surface area contributed by atoms with Gasteiger partial charge in [-0.3, -0.25) is 4.79 Å². The third-order valence-corrected chi connectivity index (χ3v) is 5.70. The van der Waals surface area contributed by atoms with Gasteiger partial charge in [0.15, 0.2) is 0 Å². The summed E-state index contributed by atoms with van der Waals surface area (Å²) < 4.78 is 44.6. The quantitative estimate of drug-likeness (QED) is 0.491. The number of halogens is 3. The molecule has 10 heteroatoms. The molecule has 0 saturated carbocycles. The third kappa shape index (κ3) is 6.63. The second-order valence-electron chi connectivity index (χ2n) is 8.27. The number of rotatable bonds is 7. The standard InChI is InChI=1S/C24H29F3N4O3/c1-16-9-12-31(13-10-16)21-8-7-17(15-18(21)22(32)28-11-14-34-2)29-23(33)30-20-6-4-3-5-19(20)24(25,26)27/h3-8,15-16H,9-14H2,1-2H3,(H,28,32)(H2,29,30,33). The van der Waals surface area contributed by atoms with Crippen molar-refractivity contribution in [1.29, 1.82) is 0 Å². The Kier molecular flexibility index (Phi) is 8.38. The van der Waals surface area contributed by atoms with E-state index >= 15 is 0 Å². The molecular weight excluding hydrogens is 449 g/mol. The molecule has 3 N–H and O–H groups in total. The minimum absolute atomic E-state index is 0.285. The Labute approximate surface area is 196 Å². The molecule has 0 radical (unpaired) electrons. The van der Waals surface area contributed by atoms with Crippen LogP contribution in [-0.2, 0) is 10.9 Å². The Morgan fingerprint density at radius 2 is 1.79 bits per heavy atom. The number of ether oxygens (including phenoxy) is 1. The zero-order valence-corrected chi connectivity index (χ0v) is 19.2. The number of nitrogens with one attached hydrogen (secondary N) is 3. The van der Waals surface area contributed by atoms with Gasteiger partial charge in [-0.15, -0.1) is 0 Å². The Morgan fingerprint density at radius 3 is 2.47 bits per heavy atom. The number of hydrogen-bond donors (Lipinski definition) is 3. The van der Waals surface area contributed by atoms with Crippen molar-refractivity contribution in [2.45, 2.75) is 25.9 Å². The lowest BCUT2D eigenvalue weighted by Crippen LogP contribution is -2.35. The molecule has 2 aromatic rings. The number of nitrogens with zero attached hydrogens (tertiary/aromatic N) is 1. The minimum atomic E-state index is -4.61. The van der Waals surface area contributed by atoms with Crippen molar-refractivity contribution in [2.75, 3.05) is 48.9 Å². The third-order valence-electron chi connectivity index (χ3n) is 5.70. The lowest BCUT2D eigenvalue weighted by atomic mass is 9.98. The van der Waals surface area contributed by atoms with Crippen molar-refractivity contribution in [3.8, 4) is 0 Å². The first-order valence-corrected chi connectivity index (χ1v) is 11.1. The van der Waals surface area contributed by atoms with E-state index in [1.54, 1.807) is 12.1 Å². The van der Waals surface area contributed by atoms with Crippen LogP contribution in [0.1, 0.15) is 35.7 Å². The monoisotopic (exact) mass is 478 g/mol. The first-order valence-electron chi connectivity index (χ1n) is 11.1. The molecule has 0 spiro atoms. The van der Waals surface area contributed by atoms with Gasteiger partial charge >= 0.3 is 12.2 Å². The lowest BCUT2D eigenvalue weighted by molar-refractivity contribution is -0.136. The number of anilines is 3. The van der Waals surface area contributed by atoms with Crippen LogP contribution in [0.3, 0.4) is 0 Å². The van der Waals surface area contributed by atoms with Crippen LogP contribution < -0.4 is 20.9 Å². The van der Waals surface area contributed by atoms with Crippen molar-refractivity contribution in [3.05, 3.63) is 53.6 Å². The van der Waals surface area contributed by atoms with Crippen LogP contribution >= 0.6 is 0 Å². The highest BCUT2D eigenvalue weighted by Crippen LogP contribution is 2.35. The molecule has 3 rings (SSSR count). The van der Waals surface area contributed by atoms with Gasteiger partial charge in [-0.25, -0.2) is 4.79 Å². The summed E-state index contributed by atoms with van der Waals surface area (Å²) in [5.41, 5.74) is 0.101. The van der Waals surface area contributed by atoms with E-state index in [-0.39, 0.29) is 17.3 Å². The average Bonchev–Trinajstić information content (AvgIpc) is 2.79. The predicted molar refractivity (Wildman–Crippen MR) is 125 cm³/mol. The van der Waals surface area contributed by atoms with E-state index in [1.807, 2.05) is 0 Å². The second-order valence-corrected chi connectivity index (χ2v) is 8.27. The number of para-hydroxylation sites is 1. The van der Waals surface area contributed by atoms with Crippen molar-refractivity contribution in [3.63, 3.8) is 0 Å². The van der Waals surface area contributed by atoms with Gasteiger partial charge < -0.3 is 25.6 Å². The maximum atomic E-state index is 13.2. The van der Waals surface area contributed by atoms with E-state index in [4.69, 9.17) is 4.74 Å². The summed E-state index contributed by atoms with van der Waals surface area (Å²) in [6.45, 7) is 4.47. The molecule has 1 fully saturated rings. The largest absolute Gasteiger partial charge is 0.418 e. The predicted octanol–water partition coefficient (Wildman–Crippen LogP) is 4.96. The molecule has 0 aliphatic carbocycles. The van der Waals surface area contributed by atoms with Gasteiger partial charge in [0.25, 0.3) is 5.91 Å². The summed E-state index contributed by atoms with van der Waals surface area (Å²) in [6, 6.07) is 8.80. The number of carbonyl (C=O) groups excluding carboxylic acids is 2. The smallest absolute Gasteiger partial charge is 0.383 e. The number of alkyl halides is 3. The van der Waals surface area contributed by atoms with Crippen LogP contribution in [0.25, 0.3) is 0 Å². The van der Waals surface area contributed by atoms with E-state index in [2.05, 4.69) is 27.8 Å². The van der Waals surface area contributed by atoms with Crippen molar-refractivity contribution in [1.82, 2.24) is 5.32 Å². The maximum Gasteiger partial charge on any atom is 0.418 e. The first-order chi connectivity index (χ1) is 16.2. The van der Waals surface area contributed by atoms with Gasteiger partial charge in [0, 0.05) is 38.1 Å². The lowest BCUT2D eigenvalue weighted by Gasteiger charge is -2.33. The summed E-state index contributed by atoms with van der Waals surface area (Å²) >= 11 is 0. The van der Waals surface area contributed by atoms with Gasteiger partial charge in [0.2, 0.25) is 0 Å². The van der Waals surface area contributed by atoms with Gasteiger partial charge in [0.1, 0.15) is 0 Å². The molecule has 0 unspecified atom stereocenters. The second kappa shape index (κ2) is 11.2. The topological polar surface area (TPSA) is 82.7 Å². The van der Waals surface area contributed by atoms with Crippen LogP contribution in [0.4, 0.5) is 35.0 Å². The molecule has 1 saturated heterocycles. The zero-order valence-electron chi connectivity index (χ0n) is 19.2. The summed E-state index contributed by atoms with van der Waals surface area (Å²) in [4.78, 5) is 27.5. The number of hydrogen-bond acceptors (Lipinski definition) is 4. The molecule has 0 bridgehead atoms. The van der Waals surface area contributed by atoms with Crippen LogP contribution in [-0.4, -0.2) is 45.3 Å². The van der Waals surface area contributed by atoms with Crippen LogP contribution in [0.15, 0.2) is 42.5 Å². The number of benzene rings is 2. The van der Waals surface area contributed by atoms with Crippen molar-refractivity contribution in [2.24, 2.45) is 5.92 Å². The highest BCUT2D eigenvalue weighted by Gasteiger charge is 2.33. The highest BCUT2D eigenvalue weighted by molar-refractivity contribution is 6.04. The minimum Gasteiger partial charge on any atom is -0.383 e. The van der Waals surface area contributed by atoms with Crippen LogP contribution in [0, 0.1) is 5.92 Å². The Balaban J connectivity index is 1.80. The van der Waals surface area contributed by atoms with Crippen molar-refractivity contribution < 1.29 is 27.5 Å². The van der Waals surface area contributed by atoms with Crippen molar-refractivity contribution >= 4 is 29.0 Å². The summed E-state index contributed by atoms with van der Waals surface area (Å²) in [5.74, 6) is 0.289. The van der Waals surface area contributed by atoms with Gasteiger partial charge in [-0.2, -0.15) is 13.2 Å².